The largest absolute Gasteiger partial charge is 0.377 e. The molecule has 0 spiro atoms. The second kappa shape index (κ2) is 6.91. The highest BCUT2D eigenvalue weighted by molar-refractivity contribution is 5.20. The molecule has 0 bridgehead atoms. The SMILES string of the molecule is CN(CC1CCCO1)C1CC(c2ccccc2)CCC1N. The zero-order chi connectivity index (χ0) is 14.7. The van der Waals surface area contributed by atoms with Crippen LogP contribution in [0.1, 0.15) is 43.6 Å². The van der Waals surface area contributed by atoms with Crippen molar-refractivity contribution in [3.05, 3.63) is 35.9 Å². The van der Waals surface area contributed by atoms with Gasteiger partial charge in [0.1, 0.15) is 0 Å². The van der Waals surface area contributed by atoms with Crippen molar-refractivity contribution in [3.63, 3.8) is 0 Å². The average Bonchev–Trinajstić information content (AvgIpc) is 3.01. The van der Waals surface area contributed by atoms with Crippen LogP contribution in [0.25, 0.3) is 0 Å². The van der Waals surface area contributed by atoms with Gasteiger partial charge in [0, 0.05) is 25.2 Å². The van der Waals surface area contributed by atoms with E-state index in [-0.39, 0.29) is 0 Å². The van der Waals surface area contributed by atoms with Crippen molar-refractivity contribution in [1.82, 2.24) is 4.90 Å². The second-order valence-electron chi connectivity index (χ2n) is 6.73. The summed E-state index contributed by atoms with van der Waals surface area (Å²) in [5, 5.41) is 0. The summed E-state index contributed by atoms with van der Waals surface area (Å²) in [5.74, 6) is 0.656. The van der Waals surface area contributed by atoms with E-state index in [1.54, 1.807) is 0 Å². The van der Waals surface area contributed by atoms with Crippen LogP contribution in [0.5, 0.6) is 0 Å². The number of nitrogens with two attached hydrogens (primary N) is 1. The van der Waals surface area contributed by atoms with Crippen molar-refractivity contribution in [2.75, 3.05) is 20.2 Å². The lowest BCUT2D eigenvalue weighted by atomic mass is 9.78. The normalized spacial score (nSPS) is 33.5. The Labute approximate surface area is 128 Å². The van der Waals surface area contributed by atoms with E-state index < -0.39 is 0 Å². The molecular formula is C18H28N2O. The van der Waals surface area contributed by atoms with Gasteiger partial charge in [0.2, 0.25) is 0 Å². The Kier molecular flexibility index (Phi) is 4.94. The van der Waals surface area contributed by atoms with Crippen LogP contribution in [0.15, 0.2) is 30.3 Å². The fourth-order valence-electron chi connectivity index (χ4n) is 3.95. The van der Waals surface area contributed by atoms with Gasteiger partial charge in [0.15, 0.2) is 0 Å². The first kappa shape index (κ1) is 15.0. The molecule has 4 unspecified atom stereocenters. The lowest BCUT2D eigenvalue weighted by molar-refractivity contribution is 0.0542. The molecule has 0 amide bonds. The Hall–Kier alpha value is -0.900. The van der Waals surface area contributed by atoms with Gasteiger partial charge in [0.25, 0.3) is 0 Å². The number of hydrogen-bond acceptors (Lipinski definition) is 3. The van der Waals surface area contributed by atoms with Crippen molar-refractivity contribution in [2.45, 2.75) is 56.2 Å². The third-order valence-electron chi connectivity index (χ3n) is 5.22. The molecular weight excluding hydrogens is 260 g/mol. The number of nitrogens with zero attached hydrogens (tertiary/aromatic N) is 1. The maximum absolute atomic E-state index is 6.41. The Bertz CT molecular complexity index is 430. The Balaban J connectivity index is 1.62. The Morgan fingerprint density at radius 1 is 1.19 bits per heavy atom. The molecule has 116 valence electrons. The van der Waals surface area contributed by atoms with Crippen LogP contribution in [0.3, 0.4) is 0 Å². The number of benzene rings is 1. The number of ether oxygens (including phenoxy) is 1. The topological polar surface area (TPSA) is 38.5 Å². The van der Waals surface area contributed by atoms with Crippen LogP contribution >= 0.6 is 0 Å². The fraction of sp³-hybridized carbons (Fsp3) is 0.667. The predicted molar refractivity (Wildman–Crippen MR) is 86.4 cm³/mol. The molecule has 1 aromatic carbocycles. The average molecular weight is 288 g/mol. The first-order chi connectivity index (χ1) is 10.2. The van der Waals surface area contributed by atoms with Gasteiger partial charge in [-0.05, 0) is 50.6 Å². The molecule has 1 aliphatic carbocycles. The van der Waals surface area contributed by atoms with Crippen molar-refractivity contribution in [1.29, 1.82) is 0 Å². The van der Waals surface area contributed by atoms with E-state index in [4.69, 9.17) is 10.5 Å². The van der Waals surface area contributed by atoms with E-state index in [2.05, 4.69) is 42.3 Å². The summed E-state index contributed by atoms with van der Waals surface area (Å²) in [6, 6.07) is 11.7. The summed E-state index contributed by atoms with van der Waals surface area (Å²) in [7, 11) is 2.22. The number of rotatable bonds is 4. The van der Waals surface area contributed by atoms with Gasteiger partial charge in [0.05, 0.1) is 6.10 Å². The Morgan fingerprint density at radius 3 is 2.71 bits per heavy atom. The van der Waals surface area contributed by atoms with E-state index in [1.807, 2.05) is 0 Å². The zero-order valence-electron chi connectivity index (χ0n) is 13.1. The minimum Gasteiger partial charge on any atom is -0.377 e. The third kappa shape index (κ3) is 3.65. The van der Waals surface area contributed by atoms with Crippen LogP contribution in [0.2, 0.25) is 0 Å². The van der Waals surface area contributed by atoms with E-state index >= 15 is 0 Å². The van der Waals surface area contributed by atoms with Gasteiger partial charge in [-0.2, -0.15) is 0 Å². The fourth-order valence-corrected chi connectivity index (χ4v) is 3.95. The van der Waals surface area contributed by atoms with Crippen LogP contribution in [0.4, 0.5) is 0 Å². The van der Waals surface area contributed by atoms with Crippen molar-refractivity contribution >= 4 is 0 Å². The van der Waals surface area contributed by atoms with Gasteiger partial charge < -0.3 is 10.5 Å². The molecule has 0 aromatic heterocycles. The minimum absolute atomic E-state index is 0.302. The highest BCUT2D eigenvalue weighted by Crippen LogP contribution is 2.34. The maximum atomic E-state index is 6.41. The van der Waals surface area contributed by atoms with Gasteiger partial charge >= 0.3 is 0 Å². The van der Waals surface area contributed by atoms with E-state index in [0.29, 0.717) is 24.1 Å². The summed E-state index contributed by atoms with van der Waals surface area (Å²) in [6.45, 7) is 1.96. The van der Waals surface area contributed by atoms with E-state index in [1.165, 1.54) is 31.2 Å². The lowest BCUT2D eigenvalue weighted by Crippen LogP contribution is -2.51. The second-order valence-corrected chi connectivity index (χ2v) is 6.73. The molecule has 2 aliphatic rings. The van der Waals surface area contributed by atoms with E-state index in [9.17, 15) is 0 Å². The van der Waals surface area contributed by atoms with Crippen LogP contribution < -0.4 is 5.73 Å². The first-order valence-electron chi connectivity index (χ1n) is 8.36. The smallest absolute Gasteiger partial charge is 0.0702 e. The predicted octanol–water partition coefficient (Wildman–Crippen LogP) is 2.76. The molecule has 21 heavy (non-hydrogen) atoms. The molecule has 1 aliphatic heterocycles. The molecule has 1 saturated carbocycles. The zero-order valence-corrected chi connectivity index (χ0v) is 13.1. The molecule has 1 saturated heterocycles. The Morgan fingerprint density at radius 2 is 2.00 bits per heavy atom. The van der Waals surface area contributed by atoms with E-state index in [0.717, 1.165) is 19.6 Å². The van der Waals surface area contributed by atoms with Crippen molar-refractivity contribution < 1.29 is 4.74 Å². The molecule has 3 nitrogen and oxygen atoms in total. The van der Waals surface area contributed by atoms with Crippen LogP contribution in [-0.4, -0.2) is 43.3 Å². The molecule has 0 radical (unpaired) electrons. The molecule has 3 rings (SSSR count). The van der Waals surface area contributed by atoms with Crippen molar-refractivity contribution in [3.8, 4) is 0 Å². The highest BCUT2D eigenvalue weighted by atomic mass is 16.5. The van der Waals surface area contributed by atoms with Crippen molar-refractivity contribution in [2.24, 2.45) is 5.73 Å². The molecule has 4 atom stereocenters. The third-order valence-corrected chi connectivity index (χ3v) is 5.22. The first-order valence-corrected chi connectivity index (χ1v) is 8.36. The summed E-state index contributed by atoms with van der Waals surface area (Å²) in [4.78, 5) is 2.45. The summed E-state index contributed by atoms with van der Waals surface area (Å²) >= 11 is 0. The van der Waals surface area contributed by atoms with Gasteiger partial charge in [-0.25, -0.2) is 0 Å². The van der Waals surface area contributed by atoms with Gasteiger partial charge in [-0.1, -0.05) is 30.3 Å². The van der Waals surface area contributed by atoms with Gasteiger partial charge in [-0.3, -0.25) is 4.90 Å². The molecule has 1 heterocycles. The highest BCUT2D eigenvalue weighted by Gasteiger charge is 2.32. The summed E-state index contributed by atoms with van der Waals surface area (Å²) in [5.41, 5.74) is 7.88. The minimum atomic E-state index is 0.302. The van der Waals surface area contributed by atoms with Gasteiger partial charge in [-0.15, -0.1) is 0 Å². The summed E-state index contributed by atoms with van der Waals surface area (Å²) in [6.07, 6.45) is 6.35. The lowest BCUT2D eigenvalue weighted by Gasteiger charge is -2.40. The molecule has 2 fully saturated rings. The molecule has 2 N–H and O–H groups in total. The summed E-state index contributed by atoms with van der Waals surface area (Å²) < 4.78 is 5.78. The van der Waals surface area contributed by atoms with Crippen LogP contribution in [-0.2, 0) is 4.74 Å². The monoisotopic (exact) mass is 288 g/mol. The maximum Gasteiger partial charge on any atom is 0.0702 e. The molecule has 1 aromatic rings. The number of hydrogen-bond donors (Lipinski definition) is 1. The number of likely N-dealkylation sites (N-methyl/N-ethyl adjacent to an activating group) is 1. The molecule has 3 heteroatoms. The standard InChI is InChI=1S/C18H28N2O/c1-20(13-16-8-5-11-21-16)18-12-15(9-10-17(18)19)14-6-3-2-4-7-14/h2-4,6-7,15-18H,5,8-13,19H2,1H3. The quantitative estimate of drug-likeness (QED) is 0.926. The van der Waals surface area contributed by atoms with Crippen LogP contribution in [0, 0.1) is 0 Å².